The molecule has 0 saturated carbocycles. The average Bonchev–Trinajstić information content (AvgIpc) is 2.82. The molecular weight excluding hydrogens is 432 g/mol. The van der Waals surface area contributed by atoms with Gasteiger partial charge in [0.25, 0.3) is 5.91 Å². The quantitative estimate of drug-likeness (QED) is 0.285. The van der Waals surface area contributed by atoms with Crippen molar-refractivity contribution in [3.05, 3.63) is 89.0 Å². The maximum atomic E-state index is 12.1. The Hall–Kier alpha value is -4.46. The summed E-state index contributed by atoms with van der Waals surface area (Å²) in [6.07, 6.45) is 1.40. The number of rotatable bonds is 7. The molecular formula is C26H26N4O4. The van der Waals surface area contributed by atoms with Gasteiger partial charge in [0, 0.05) is 11.4 Å². The van der Waals surface area contributed by atoms with Crippen LogP contribution in [0.3, 0.4) is 0 Å². The van der Waals surface area contributed by atoms with Crippen molar-refractivity contribution in [2.75, 3.05) is 17.2 Å². The number of aryl methyl sites for hydroxylation is 3. The average molecular weight is 459 g/mol. The molecule has 3 aromatic rings. The third-order valence-electron chi connectivity index (χ3n) is 4.89. The van der Waals surface area contributed by atoms with E-state index < -0.39 is 11.8 Å². The standard InChI is InChI=1S/C26H26N4O4/c1-17-7-11-21(12-8-17)28-23(31)16-34-22-13-9-20(10-14-22)15-27-30-26(33)25(32)29-24-18(2)5-4-6-19(24)3/h4-15H,16H2,1-3H3,(H,28,31)(H,29,32)(H,30,33)/b27-15-. The second-order valence-corrected chi connectivity index (χ2v) is 7.69. The van der Waals surface area contributed by atoms with E-state index in [0.717, 1.165) is 16.7 Å². The summed E-state index contributed by atoms with van der Waals surface area (Å²) >= 11 is 0. The molecule has 0 aliphatic rings. The molecule has 174 valence electrons. The zero-order valence-corrected chi connectivity index (χ0v) is 19.2. The van der Waals surface area contributed by atoms with Crippen molar-refractivity contribution in [1.29, 1.82) is 0 Å². The second kappa shape index (κ2) is 11.4. The van der Waals surface area contributed by atoms with E-state index in [1.165, 1.54) is 6.21 Å². The molecule has 0 aliphatic carbocycles. The Labute approximate surface area is 198 Å². The zero-order valence-electron chi connectivity index (χ0n) is 19.2. The van der Waals surface area contributed by atoms with Gasteiger partial charge in [0.1, 0.15) is 5.75 Å². The van der Waals surface area contributed by atoms with Gasteiger partial charge in [-0.2, -0.15) is 5.10 Å². The van der Waals surface area contributed by atoms with Crippen LogP contribution in [0.25, 0.3) is 0 Å². The van der Waals surface area contributed by atoms with Gasteiger partial charge in [-0.25, -0.2) is 5.43 Å². The van der Waals surface area contributed by atoms with Crippen LogP contribution in [0, 0.1) is 20.8 Å². The summed E-state index contributed by atoms with van der Waals surface area (Å²) in [5.41, 5.74) is 7.02. The molecule has 0 radical (unpaired) electrons. The summed E-state index contributed by atoms with van der Waals surface area (Å²) in [5.74, 6) is -1.44. The molecule has 3 amide bonds. The van der Waals surface area contributed by atoms with Gasteiger partial charge in [-0.05, 0) is 73.9 Å². The highest BCUT2D eigenvalue weighted by molar-refractivity contribution is 6.39. The maximum absolute atomic E-state index is 12.1. The van der Waals surface area contributed by atoms with Crippen LogP contribution in [0.15, 0.2) is 71.8 Å². The Balaban J connectivity index is 1.45. The number of carbonyl (C=O) groups is 3. The normalized spacial score (nSPS) is 10.6. The van der Waals surface area contributed by atoms with Crippen molar-refractivity contribution in [3.63, 3.8) is 0 Å². The topological polar surface area (TPSA) is 109 Å². The van der Waals surface area contributed by atoms with Crippen LogP contribution in [0.2, 0.25) is 0 Å². The first-order valence-corrected chi connectivity index (χ1v) is 10.6. The van der Waals surface area contributed by atoms with Crippen LogP contribution >= 0.6 is 0 Å². The molecule has 0 spiro atoms. The second-order valence-electron chi connectivity index (χ2n) is 7.69. The lowest BCUT2D eigenvalue weighted by Crippen LogP contribution is -2.32. The Kier molecular flexibility index (Phi) is 8.12. The number of ether oxygens (including phenoxy) is 1. The van der Waals surface area contributed by atoms with Crippen LogP contribution in [-0.2, 0) is 14.4 Å². The van der Waals surface area contributed by atoms with Gasteiger partial charge in [-0.3, -0.25) is 14.4 Å². The van der Waals surface area contributed by atoms with E-state index >= 15 is 0 Å². The minimum atomic E-state index is -0.876. The monoisotopic (exact) mass is 458 g/mol. The maximum Gasteiger partial charge on any atom is 0.329 e. The summed E-state index contributed by atoms with van der Waals surface area (Å²) in [5, 5.41) is 9.18. The van der Waals surface area contributed by atoms with Gasteiger partial charge < -0.3 is 15.4 Å². The van der Waals surface area contributed by atoms with Crippen molar-refractivity contribution in [2.45, 2.75) is 20.8 Å². The lowest BCUT2D eigenvalue weighted by molar-refractivity contribution is -0.136. The molecule has 0 fully saturated rings. The Morgan fingerprint density at radius 1 is 0.824 bits per heavy atom. The molecule has 0 atom stereocenters. The molecule has 8 heteroatoms. The van der Waals surface area contributed by atoms with E-state index in [4.69, 9.17) is 4.74 Å². The highest BCUT2D eigenvalue weighted by Gasteiger charge is 2.15. The van der Waals surface area contributed by atoms with Crippen molar-refractivity contribution in [2.24, 2.45) is 5.10 Å². The van der Waals surface area contributed by atoms with Gasteiger partial charge >= 0.3 is 11.8 Å². The minimum absolute atomic E-state index is 0.132. The van der Waals surface area contributed by atoms with E-state index in [1.807, 2.05) is 63.2 Å². The van der Waals surface area contributed by atoms with Crippen LogP contribution in [0.5, 0.6) is 5.75 Å². The predicted molar refractivity (Wildman–Crippen MR) is 132 cm³/mol. The van der Waals surface area contributed by atoms with Crippen LogP contribution in [-0.4, -0.2) is 30.5 Å². The largest absolute Gasteiger partial charge is 0.484 e. The molecule has 0 aromatic heterocycles. The van der Waals surface area contributed by atoms with E-state index in [0.29, 0.717) is 22.7 Å². The van der Waals surface area contributed by atoms with Gasteiger partial charge in [0.15, 0.2) is 6.61 Å². The minimum Gasteiger partial charge on any atom is -0.484 e. The molecule has 0 aliphatic heterocycles. The van der Waals surface area contributed by atoms with Gasteiger partial charge in [0.2, 0.25) is 0 Å². The highest BCUT2D eigenvalue weighted by Crippen LogP contribution is 2.19. The van der Waals surface area contributed by atoms with Crippen molar-refractivity contribution < 1.29 is 19.1 Å². The lowest BCUT2D eigenvalue weighted by Gasteiger charge is -2.10. The first kappa shape index (κ1) is 24.2. The number of carbonyl (C=O) groups excluding carboxylic acids is 3. The molecule has 8 nitrogen and oxygen atoms in total. The van der Waals surface area contributed by atoms with Crippen molar-refractivity contribution in [3.8, 4) is 5.75 Å². The Bertz CT molecular complexity index is 1180. The number of amides is 3. The van der Waals surface area contributed by atoms with E-state index in [-0.39, 0.29) is 12.5 Å². The molecule has 3 aromatic carbocycles. The first-order chi connectivity index (χ1) is 16.3. The van der Waals surface area contributed by atoms with E-state index in [9.17, 15) is 14.4 Å². The first-order valence-electron chi connectivity index (χ1n) is 10.6. The SMILES string of the molecule is Cc1ccc(NC(=O)COc2ccc(/C=N\NC(=O)C(=O)Nc3c(C)cccc3C)cc2)cc1. The zero-order chi connectivity index (χ0) is 24.5. The number of nitrogens with one attached hydrogen (secondary N) is 3. The van der Waals surface area contributed by atoms with E-state index in [2.05, 4.69) is 21.2 Å². The summed E-state index contributed by atoms with van der Waals surface area (Å²) in [7, 11) is 0. The fourth-order valence-corrected chi connectivity index (χ4v) is 3.03. The number of hydrogen-bond donors (Lipinski definition) is 3. The molecule has 34 heavy (non-hydrogen) atoms. The van der Waals surface area contributed by atoms with Crippen LogP contribution < -0.4 is 20.8 Å². The predicted octanol–water partition coefficient (Wildman–Crippen LogP) is 3.72. The smallest absolute Gasteiger partial charge is 0.329 e. The van der Waals surface area contributed by atoms with Gasteiger partial charge in [0.05, 0.1) is 6.21 Å². The third kappa shape index (κ3) is 7.03. The number of hydrogen-bond acceptors (Lipinski definition) is 5. The third-order valence-corrected chi connectivity index (χ3v) is 4.89. The molecule has 3 N–H and O–H groups in total. The summed E-state index contributed by atoms with van der Waals surface area (Å²) in [4.78, 5) is 36.2. The summed E-state index contributed by atoms with van der Waals surface area (Å²) < 4.78 is 5.49. The van der Waals surface area contributed by atoms with Gasteiger partial charge in [-0.1, -0.05) is 35.9 Å². The number of para-hydroxylation sites is 1. The number of nitrogens with zero attached hydrogens (tertiary/aromatic N) is 1. The molecule has 0 heterocycles. The van der Waals surface area contributed by atoms with Crippen LogP contribution in [0.4, 0.5) is 11.4 Å². The molecule has 3 rings (SSSR count). The van der Waals surface area contributed by atoms with Crippen molar-refractivity contribution >= 4 is 35.3 Å². The number of benzene rings is 3. The summed E-state index contributed by atoms with van der Waals surface area (Å²) in [6.45, 7) is 5.54. The number of anilines is 2. The van der Waals surface area contributed by atoms with Gasteiger partial charge in [-0.15, -0.1) is 0 Å². The molecule has 0 unspecified atom stereocenters. The molecule has 0 bridgehead atoms. The highest BCUT2D eigenvalue weighted by atomic mass is 16.5. The Morgan fingerprint density at radius 2 is 1.47 bits per heavy atom. The summed E-state index contributed by atoms with van der Waals surface area (Å²) in [6, 6.07) is 19.8. The lowest BCUT2D eigenvalue weighted by atomic mass is 10.1. The fourth-order valence-electron chi connectivity index (χ4n) is 3.03. The van der Waals surface area contributed by atoms with E-state index in [1.54, 1.807) is 24.3 Å². The Morgan fingerprint density at radius 3 is 2.12 bits per heavy atom. The molecule has 0 saturated heterocycles. The van der Waals surface area contributed by atoms with Crippen molar-refractivity contribution in [1.82, 2.24) is 5.43 Å². The number of hydrazone groups is 1. The fraction of sp³-hybridized carbons (Fsp3) is 0.154. The van der Waals surface area contributed by atoms with Crippen LogP contribution in [0.1, 0.15) is 22.3 Å².